The van der Waals surface area contributed by atoms with Crippen molar-refractivity contribution in [1.82, 2.24) is 9.80 Å². The fraction of sp³-hybridized carbons (Fsp3) is 0.289. The lowest BCUT2D eigenvalue weighted by atomic mass is 9.55. The number of amides is 2. The number of fused-ring (bicyclic) bond motifs is 11. The number of phenols is 2. The van der Waals surface area contributed by atoms with Gasteiger partial charge in [-0.05, 0) is 54.1 Å². The number of piperazine rings is 1. The van der Waals surface area contributed by atoms with Crippen molar-refractivity contribution in [1.29, 1.82) is 0 Å². The molecule has 13 rings (SSSR count). The molecule has 4 N–H and O–H groups in total. The van der Waals surface area contributed by atoms with Crippen LogP contribution in [0.15, 0.2) is 94.0 Å². The first-order chi connectivity index (χ1) is 30.4. The summed E-state index contributed by atoms with van der Waals surface area (Å²) in [5.74, 6) is -5.54. The van der Waals surface area contributed by atoms with E-state index in [0.717, 1.165) is 4.90 Å². The summed E-state index contributed by atoms with van der Waals surface area (Å²) in [7, 11) is 4.06. The Bertz CT molecular complexity index is 3070. The molecule has 2 amide bonds. The van der Waals surface area contributed by atoms with Gasteiger partial charge >= 0.3 is 5.97 Å². The molecule has 0 aliphatic carbocycles. The van der Waals surface area contributed by atoms with E-state index in [1.165, 1.54) is 105 Å². The second-order valence-corrected chi connectivity index (χ2v) is 16.5. The predicted octanol–water partition coefficient (Wildman–Crippen LogP) is 3.22. The Balaban J connectivity index is 1.15. The summed E-state index contributed by atoms with van der Waals surface area (Å²) < 4.78 is 48.9. The van der Waals surface area contributed by atoms with Gasteiger partial charge in [0.1, 0.15) is 69.6 Å². The van der Waals surface area contributed by atoms with Crippen molar-refractivity contribution in [3.8, 4) is 40.2 Å². The van der Waals surface area contributed by atoms with Crippen LogP contribution in [0.25, 0.3) is 21.9 Å². The molecule has 18 heteroatoms. The zero-order valence-corrected chi connectivity index (χ0v) is 33.2. The van der Waals surface area contributed by atoms with Crippen molar-refractivity contribution in [2.45, 2.75) is 53.7 Å². The van der Waals surface area contributed by atoms with Crippen LogP contribution in [0.1, 0.15) is 33.5 Å². The molecule has 18 nitrogen and oxygen atoms in total. The van der Waals surface area contributed by atoms with E-state index in [1.807, 2.05) is 0 Å². The lowest BCUT2D eigenvalue weighted by Crippen LogP contribution is -2.89. The monoisotopic (exact) mass is 858 g/mol. The van der Waals surface area contributed by atoms with Crippen molar-refractivity contribution < 1.29 is 72.4 Å². The Morgan fingerprint density at radius 2 is 1.60 bits per heavy atom. The van der Waals surface area contributed by atoms with Gasteiger partial charge in [0.2, 0.25) is 11.7 Å². The number of aliphatic hydroxyl groups excluding tert-OH is 2. The van der Waals surface area contributed by atoms with Gasteiger partial charge in [-0.2, -0.15) is 0 Å². The summed E-state index contributed by atoms with van der Waals surface area (Å²) in [4.78, 5) is 62.4. The first kappa shape index (κ1) is 37.5. The van der Waals surface area contributed by atoms with Crippen LogP contribution >= 0.6 is 0 Å². The highest BCUT2D eigenvalue weighted by molar-refractivity contribution is 6.08. The SMILES string of the molecule is COc1ccc2cc1Oc1cc(ccc1O)[C@H](O)[C@]13C(=O)N4[C@H]5C(=COC=C[C@@H]5OC2=O)[C@@H](O)C4(C(=O)N1C)[C@@H]1[C@H]2c4c(cc(OC)c5c(=O)c6c(O)cccc6oc45)O[C@H]2O[C@@H]13. The quantitative estimate of drug-likeness (QED) is 0.147. The summed E-state index contributed by atoms with van der Waals surface area (Å²) in [5.41, 5.74) is -5.01. The largest absolute Gasteiger partial charge is 0.507 e. The van der Waals surface area contributed by atoms with Crippen LogP contribution in [-0.4, -0.2) is 111 Å². The maximum atomic E-state index is 16.0. The second kappa shape index (κ2) is 12.4. The number of piperidine rings is 2. The lowest BCUT2D eigenvalue weighted by molar-refractivity contribution is -0.244. The maximum Gasteiger partial charge on any atom is 0.338 e. The summed E-state index contributed by atoms with van der Waals surface area (Å²) in [6.45, 7) is 0. The molecular weight excluding hydrogens is 824 g/mol. The van der Waals surface area contributed by atoms with Crippen LogP contribution in [0.5, 0.6) is 40.2 Å². The Kier molecular flexibility index (Phi) is 7.39. The molecule has 8 aliphatic heterocycles. The molecule has 5 fully saturated rings. The molecule has 1 unspecified atom stereocenters. The number of aromatic hydroxyl groups is 2. The van der Waals surface area contributed by atoms with Gasteiger partial charge in [0.15, 0.2) is 34.1 Å². The number of carbonyl (C=O) groups is 3. The van der Waals surface area contributed by atoms with Crippen LogP contribution in [0.4, 0.5) is 0 Å². The van der Waals surface area contributed by atoms with Crippen LogP contribution < -0.4 is 24.4 Å². The number of methoxy groups -OCH3 is 2. The molecule has 2 spiro atoms. The minimum absolute atomic E-state index is 0.00371. The number of ether oxygens (including phenoxy) is 7. The summed E-state index contributed by atoms with van der Waals surface area (Å²) in [5, 5.41) is 47.6. The van der Waals surface area contributed by atoms with E-state index < -0.39 is 82.9 Å². The van der Waals surface area contributed by atoms with Crippen LogP contribution in [-0.2, 0) is 23.8 Å². The van der Waals surface area contributed by atoms with Gasteiger partial charge in [-0.15, -0.1) is 0 Å². The van der Waals surface area contributed by atoms with Crippen LogP contribution in [0.3, 0.4) is 0 Å². The van der Waals surface area contributed by atoms with Gasteiger partial charge in [-0.25, -0.2) is 4.79 Å². The minimum Gasteiger partial charge on any atom is -0.507 e. The molecular formula is C45H34N2O16. The molecule has 9 heterocycles. The summed E-state index contributed by atoms with van der Waals surface area (Å²) in [6, 6.07) is 12.5. The van der Waals surface area contributed by atoms with E-state index in [9.17, 15) is 30.0 Å². The van der Waals surface area contributed by atoms with Gasteiger partial charge < -0.3 is 67.8 Å². The molecule has 1 aromatic heterocycles. The van der Waals surface area contributed by atoms with Gasteiger partial charge in [-0.3, -0.25) is 14.4 Å². The number of benzene rings is 4. The molecule has 4 aromatic carbocycles. The number of hydrogen-bond acceptors (Lipinski definition) is 16. The van der Waals surface area contributed by atoms with E-state index >= 15 is 9.59 Å². The summed E-state index contributed by atoms with van der Waals surface area (Å²) in [6.07, 6.45) is -4.16. The van der Waals surface area contributed by atoms with E-state index in [2.05, 4.69) is 0 Å². The van der Waals surface area contributed by atoms with Gasteiger partial charge in [0.25, 0.3) is 11.8 Å². The lowest BCUT2D eigenvalue weighted by Gasteiger charge is -2.66. The standard InChI is InChI=1S/C45H34N2O16/c1-46-42(54)44-33-32-30-28(15-27(57-3)31-35(50)29-21(49)5-4-6-23(29)60-36(30)31)62-41(32)63-39(33)45(46)37(51)17-7-9-20(48)25(13-17)59-26-14-18(8-10-22(26)56-2)40(53)61-24-11-12-58-16-19(38(44)52)34(24)47(44)43(45)55/h4-16,24,32-34,37-39,41,48-49,51-52H,1-3H3/t24-,32+,33+,34-,37-,38+,39-,41-,44?,45-/m0/s1. The Labute approximate surface area is 354 Å². The molecule has 63 heavy (non-hydrogen) atoms. The van der Waals surface area contributed by atoms with Crippen molar-refractivity contribution in [2.75, 3.05) is 21.3 Å². The van der Waals surface area contributed by atoms with Gasteiger partial charge in [0, 0.05) is 30.2 Å². The van der Waals surface area contributed by atoms with Crippen LogP contribution in [0.2, 0.25) is 0 Å². The van der Waals surface area contributed by atoms with Crippen molar-refractivity contribution in [3.63, 3.8) is 0 Å². The molecule has 0 radical (unpaired) electrons. The van der Waals surface area contributed by atoms with Crippen LogP contribution in [0, 0.1) is 5.92 Å². The Morgan fingerprint density at radius 1 is 0.794 bits per heavy atom. The van der Waals surface area contributed by atoms with E-state index in [-0.39, 0.29) is 84.4 Å². The first-order valence-corrected chi connectivity index (χ1v) is 19.9. The van der Waals surface area contributed by atoms with Gasteiger partial charge in [0.05, 0.1) is 38.2 Å². The minimum atomic E-state index is -2.36. The highest BCUT2D eigenvalue weighted by atomic mass is 16.7. The first-order valence-electron chi connectivity index (χ1n) is 19.9. The second-order valence-electron chi connectivity index (χ2n) is 16.5. The molecule has 320 valence electrons. The Morgan fingerprint density at radius 3 is 2.40 bits per heavy atom. The smallest absolute Gasteiger partial charge is 0.338 e. The van der Waals surface area contributed by atoms with Crippen molar-refractivity contribution >= 4 is 39.7 Å². The van der Waals surface area contributed by atoms with E-state index in [4.69, 9.17) is 37.6 Å². The maximum absolute atomic E-state index is 16.0. The third kappa shape index (κ3) is 4.32. The number of nitrogens with zero attached hydrogens (tertiary/aromatic N) is 2. The molecule has 5 saturated heterocycles. The highest BCUT2D eigenvalue weighted by Crippen LogP contribution is 2.69. The molecule has 7 bridgehead atoms. The van der Waals surface area contributed by atoms with E-state index in [1.54, 1.807) is 0 Å². The fourth-order valence-corrected chi connectivity index (χ4v) is 11.3. The molecule has 10 atom stereocenters. The number of likely N-dealkylation sites (N-methyl/N-ethyl adjacent to an activating group) is 1. The number of aliphatic hydroxyl groups is 2. The van der Waals surface area contributed by atoms with E-state index in [0.29, 0.717) is 0 Å². The number of carbonyl (C=O) groups excluding carboxylic acids is 3. The summed E-state index contributed by atoms with van der Waals surface area (Å²) >= 11 is 0. The topological polar surface area (TPSA) is 233 Å². The third-order valence-electron chi connectivity index (χ3n) is 13.9. The predicted molar refractivity (Wildman–Crippen MR) is 212 cm³/mol. The number of esters is 1. The third-order valence-corrected chi connectivity index (χ3v) is 13.9. The average Bonchev–Trinajstić information content (AvgIpc) is 3.85. The van der Waals surface area contributed by atoms with Crippen molar-refractivity contribution in [3.05, 3.63) is 112 Å². The number of hydrogen-bond donors (Lipinski definition) is 4. The van der Waals surface area contributed by atoms with Gasteiger partial charge in [-0.1, -0.05) is 12.1 Å². The Hall–Kier alpha value is -7.28. The molecule has 0 saturated carbocycles. The average molecular weight is 859 g/mol. The molecule has 8 aliphatic rings. The highest BCUT2D eigenvalue weighted by Gasteiger charge is 2.87. The fourth-order valence-electron chi connectivity index (χ4n) is 11.3. The number of phenolic OH excluding ortho intramolecular Hbond substituents is 2. The number of rotatable bonds is 2. The zero-order valence-electron chi connectivity index (χ0n) is 33.2. The molecule has 5 aromatic rings. The van der Waals surface area contributed by atoms with Crippen molar-refractivity contribution in [2.24, 2.45) is 5.92 Å². The zero-order chi connectivity index (χ0) is 43.6. The normalized spacial score (nSPS) is 31.8.